The highest BCUT2D eigenvalue weighted by Crippen LogP contribution is 2.33. The first kappa shape index (κ1) is 16.7. The van der Waals surface area contributed by atoms with Crippen molar-refractivity contribution >= 4 is 23.0 Å². The Morgan fingerprint density at radius 2 is 2.04 bits per heavy atom. The van der Waals surface area contributed by atoms with Gasteiger partial charge in [-0.15, -0.1) is 0 Å². The smallest absolute Gasteiger partial charge is 0.353 e. The van der Waals surface area contributed by atoms with Gasteiger partial charge in [0.25, 0.3) is 0 Å². The van der Waals surface area contributed by atoms with Crippen LogP contribution in [0.25, 0.3) is 0 Å². The first-order valence-electron chi connectivity index (χ1n) is 7.57. The van der Waals surface area contributed by atoms with Gasteiger partial charge in [-0.3, -0.25) is 10.1 Å². The van der Waals surface area contributed by atoms with Crippen LogP contribution in [0.5, 0.6) is 0 Å². The summed E-state index contributed by atoms with van der Waals surface area (Å²) < 4.78 is 0. The van der Waals surface area contributed by atoms with E-state index < -0.39 is 4.92 Å². The number of hydrogen-bond acceptors (Lipinski definition) is 6. The standard InChI is InChI=1S/C16H21N5O2/c1-4-5-10-20(3)16-14(21(22)23)15(17-11-18-16)19-13-9-7-6-8-12(13)2/h6-9,11H,4-5,10H2,1-3H3,(H,17,18,19). The average molecular weight is 315 g/mol. The molecule has 1 aromatic heterocycles. The van der Waals surface area contributed by atoms with E-state index in [0.717, 1.165) is 24.1 Å². The molecule has 0 unspecified atom stereocenters. The van der Waals surface area contributed by atoms with Gasteiger partial charge in [-0.25, -0.2) is 9.97 Å². The lowest BCUT2D eigenvalue weighted by Gasteiger charge is -2.18. The van der Waals surface area contributed by atoms with Crippen LogP contribution in [0.1, 0.15) is 25.3 Å². The van der Waals surface area contributed by atoms with Gasteiger partial charge in [0.2, 0.25) is 11.6 Å². The average Bonchev–Trinajstić information content (AvgIpc) is 2.54. The van der Waals surface area contributed by atoms with Crippen LogP contribution in [-0.2, 0) is 0 Å². The van der Waals surface area contributed by atoms with Crippen LogP contribution < -0.4 is 10.2 Å². The summed E-state index contributed by atoms with van der Waals surface area (Å²) in [5.74, 6) is 0.534. The molecule has 0 aliphatic rings. The minimum absolute atomic E-state index is 0.102. The molecule has 7 nitrogen and oxygen atoms in total. The van der Waals surface area contributed by atoms with Gasteiger partial charge in [-0.05, 0) is 25.0 Å². The lowest BCUT2D eigenvalue weighted by atomic mass is 10.2. The third-order valence-corrected chi connectivity index (χ3v) is 3.59. The number of para-hydroxylation sites is 1. The Labute approximate surface area is 135 Å². The molecule has 7 heteroatoms. The molecule has 0 aliphatic heterocycles. The van der Waals surface area contributed by atoms with E-state index in [4.69, 9.17) is 0 Å². The fourth-order valence-electron chi connectivity index (χ4n) is 2.25. The Bertz CT molecular complexity index is 690. The minimum atomic E-state index is -0.432. The summed E-state index contributed by atoms with van der Waals surface area (Å²) in [5, 5.41) is 14.6. The summed E-state index contributed by atoms with van der Waals surface area (Å²) in [5.41, 5.74) is 1.67. The van der Waals surface area contributed by atoms with Gasteiger partial charge in [0, 0.05) is 19.3 Å². The number of unbranched alkanes of at least 4 members (excludes halogenated alkanes) is 1. The molecule has 0 atom stereocenters. The molecule has 23 heavy (non-hydrogen) atoms. The van der Waals surface area contributed by atoms with E-state index in [1.54, 1.807) is 4.90 Å². The topological polar surface area (TPSA) is 84.2 Å². The molecule has 1 N–H and O–H groups in total. The SMILES string of the molecule is CCCCN(C)c1ncnc(Nc2ccccc2C)c1[N+](=O)[O-]. The van der Waals surface area contributed by atoms with Gasteiger partial charge in [0.15, 0.2) is 0 Å². The van der Waals surface area contributed by atoms with Gasteiger partial charge < -0.3 is 10.2 Å². The number of anilines is 3. The van der Waals surface area contributed by atoms with Gasteiger partial charge in [0.1, 0.15) is 6.33 Å². The number of nitro groups is 1. The minimum Gasteiger partial charge on any atom is -0.354 e. The summed E-state index contributed by atoms with van der Waals surface area (Å²) in [6.45, 7) is 4.72. The fourth-order valence-corrected chi connectivity index (χ4v) is 2.25. The Balaban J connectivity index is 2.40. The molecule has 0 spiro atoms. The quantitative estimate of drug-likeness (QED) is 0.620. The van der Waals surface area contributed by atoms with E-state index in [-0.39, 0.29) is 11.5 Å². The van der Waals surface area contributed by atoms with Crippen LogP contribution in [-0.4, -0.2) is 28.5 Å². The highest BCUT2D eigenvalue weighted by molar-refractivity contribution is 5.75. The van der Waals surface area contributed by atoms with E-state index in [9.17, 15) is 10.1 Å². The highest BCUT2D eigenvalue weighted by atomic mass is 16.6. The van der Waals surface area contributed by atoms with Crippen LogP contribution in [0.3, 0.4) is 0 Å². The molecule has 0 amide bonds. The Kier molecular flexibility index (Phi) is 5.46. The van der Waals surface area contributed by atoms with Crippen LogP contribution in [0.4, 0.5) is 23.0 Å². The van der Waals surface area contributed by atoms with E-state index in [1.165, 1.54) is 6.33 Å². The first-order valence-corrected chi connectivity index (χ1v) is 7.57. The summed E-state index contributed by atoms with van der Waals surface area (Å²) in [6, 6.07) is 7.58. The van der Waals surface area contributed by atoms with Crippen molar-refractivity contribution in [3.8, 4) is 0 Å². The van der Waals surface area contributed by atoms with Crippen LogP contribution in [0.15, 0.2) is 30.6 Å². The highest BCUT2D eigenvalue weighted by Gasteiger charge is 2.25. The molecule has 1 aromatic carbocycles. The number of hydrogen-bond donors (Lipinski definition) is 1. The summed E-state index contributed by atoms with van der Waals surface area (Å²) in [4.78, 5) is 21.1. The number of benzene rings is 1. The first-order chi connectivity index (χ1) is 11.0. The maximum absolute atomic E-state index is 11.6. The Morgan fingerprint density at radius 3 is 2.70 bits per heavy atom. The van der Waals surface area contributed by atoms with Gasteiger partial charge in [-0.1, -0.05) is 31.5 Å². The van der Waals surface area contributed by atoms with Crippen molar-refractivity contribution in [1.29, 1.82) is 0 Å². The van der Waals surface area contributed by atoms with E-state index in [0.29, 0.717) is 12.4 Å². The summed E-state index contributed by atoms with van der Waals surface area (Å²) in [7, 11) is 1.81. The summed E-state index contributed by atoms with van der Waals surface area (Å²) >= 11 is 0. The predicted octanol–water partition coefficient (Wildman–Crippen LogP) is 3.67. The van der Waals surface area contributed by atoms with Crippen molar-refractivity contribution in [1.82, 2.24) is 9.97 Å². The second-order valence-corrected chi connectivity index (χ2v) is 5.37. The van der Waals surface area contributed by atoms with Crippen LogP contribution in [0, 0.1) is 17.0 Å². The molecule has 0 saturated carbocycles. The maximum Gasteiger partial charge on any atom is 0.353 e. The van der Waals surface area contributed by atoms with Crippen molar-refractivity contribution in [3.05, 3.63) is 46.3 Å². The molecule has 2 aromatic rings. The van der Waals surface area contributed by atoms with Crippen molar-refractivity contribution in [2.75, 3.05) is 23.8 Å². The summed E-state index contributed by atoms with van der Waals surface area (Å²) in [6.07, 6.45) is 3.31. The van der Waals surface area contributed by atoms with Crippen LogP contribution >= 0.6 is 0 Å². The van der Waals surface area contributed by atoms with Crippen molar-refractivity contribution in [3.63, 3.8) is 0 Å². The number of rotatable bonds is 7. The second-order valence-electron chi connectivity index (χ2n) is 5.37. The molecule has 2 rings (SSSR count). The molecule has 122 valence electrons. The largest absolute Gasteiger partial charge is 0.354 e. The lowest BCUT2D eigenvalue weighted by molar-refractivity contribution is -0.383. The second kappa shape index (κ2) is 7.53. The zero-order chi connectivity index (χ0) is 16.8. The molecular formula is C16H21N5O2. The third kappa shape index (κ3) is 3.94. The van der Waals surface area contributed by atoms with Gasteiger partial charge in [-0.2, -0.15) is 0 Å². The molecular weight excluding hydrogens is 294 g/mol. The Morgan fingerprint density at radius 1 is 1.30 bits per heavy atom. The van der Waals surface area contributed by atoms with E-state index in [1.807, 2.05) is 38.2 Å². The number of nitrogens with zero attached hydrogens (tertiary/aromatic N) is 4. The number of aromatic nitrogens is 2. The molecule has 0 saturated heterocycles. The van der Waals surface area contributed by atoms with Crippen LogP contribution in [0.2, 0.25) is 0 Å². The van der Waals surface area contributed by atoms with Crippen molar-refractivity contribution in [2.24, 2.45) is 0 Å². The number of aryl methyl sites for hydroxylation is 1. The molecule has 0 aliphatic carbocycles. The predicted molar refractivity (Wildman–Crippen MR) is 91.3 cm³/mol. The molecule has 0 radical (unpaired) electrons. The zero-order valence-electron chi connectivity index (χ0n) is 13.6. The molecule has 0 bridgehead atoms. The van der Waals surface area contributed by atoms with Gasteiger partial charge >= 0.3 is 5.69 Å². The molecule has 0 fully saturated rings. The molecule has 1 heterocycles. The van der Waals surface area contributed by atoms with Crippen molar-refractivity contribution < 1.29 is 4.92 Å². The maximum atomic E-state index is 11.6. The monoisotopic (exact) mass is 315 g/mol. The Hall–Kier alpha value is -2.70. The lowest BCUT2D eigenvalue weighted by Crippen LogP contribution is -2.21. The van der Waals surface area contributed by atoms with Gasteiger partial charge in [0.05, 0.1) is 4.92 Å². The van der Waals surface area contributed by atoms with E-state index >= 15 is 0 Å². The third-order valence-electron chi connectivity index (χ3n) is 3.59. The van der Waals surface area contributed by atoms with E-state index in [2.05, 4.69) is 22.2 Å². The number of nitrogens with one attached hydrogen (secondary N) is 1. The fraction of sp³-hybridized carbons (Fsp3) is 0.375. The normalized spacial score (nSPS) is 10.4. The van der Waals surface area contributed by atoms with Crippen molar-refractivity contribution in [2.45, 2.75) is 26.7 Å². The zero-order valence-corrected chi connectivity index (χ0v) is 13.6.